The van der Waals surface area contributed by atoms with Crippen molar-refractivity contribution >= 4 is 22.7 Å². The van der Waals surface area contributed by atoms with E-state index < -0.39 is 11.9 Å². The van der Waals surface area contributed by atoms with Crippen LogP contribution in [-0.2, 0) is 4.79 Å². The lowest BCUT2D eigenvalue weighted by Crippen LogP contribution is -2.28. The first-order valence-corrected chi connectivity index (χ1v) is 5.34. The zero-order valence-electron chi connectivity index (χ0n) is 9.61. The van der Waals surface area contributed by atoms with Crippen molar-refractivity contribution in [3.63, 3.8) is 0 Å². The maximum atomic E-state index is 11.5. The summed E-state index contributed by atoms with van der Waals surface area (Å²) in [6, 6.07) is 7.25. The van der Waals surface area contributed by atoms with E-state index in [1.165, 1.54) is 13.8 Å². The van der Waals surface area contributed by atoms with Gasteiger partial charge in [-0.2, -0.15) is 0 Å². The number of aromatic amines is 1. The Labute approximate surface area is 98.3 Å². The summed E-state index contributed by atoms with van der Waals surface area (Å²) in [4.78, 5) is 25.5. The summed E-state index contributed by atoms with van der Waals surface area (Å²) >= 11 is 0. The van der Waals surface area contributed by atoms with Gasteiger partial charge in [-0.3, -0.25) is 4.79 Å². The van der Waals surface area contributed by atoms with Gasteiger partial charge in [0.1, 0.15) is 0 Å². The zero-order valence-corrected chi connectivity index (χ0v) is 9.61. The van der Waals surface area contributed by atoms with Crippen LogP contribution in [0, 0.1) is 0 Å². The normalized spacial score (nSPS) is 12.6. The van der Waals surface area contributed by atoms with E-state index in [1.807, 2.05) is 18.2 Å². The number of hydrogen-bond donors (Lipinski definition) is 1. The van der Waals surface area contributed by atoms with E-state index in [0.29, 0.717) is 11.3 Å². The molecule has 1 unspecified atom stereocenters. The van der Waals surface area contributed by atoms with Crippen molar-refractivity contribution in [1.82, 2.24) is 4.98 Å². The molecule has 0 aliphatic rings. The number of hydrogen-bond acceptors (Lipinski definition) is 3. The number of carbonyl (C=O) groups excluding carboxylic acids is 2. The largest absolute Gasteiger partial charge is 0.550 e. The molecule has 2 rings (SSSR count). The number of Topliss-reactive ketones (excluding diaryl/α,β-unsaturated/α-hetero) is 1. The summed E-state index contributed by atoms with van der Waals surface area (Å²) < 4.78 is 0. The second-order valence-electron chi connectivity index (χ2n) is 4.06. The van der Waals surface area contributed by atoms with Crippen LogP contribution in [0.15, 0.2) is 24.3 Å². The van der Waals surface area contributed by atoms with Crippen LogP contribution in [0.25, 0.3) is 10.9 Å². The van der Waals surface area contributed by atoms with Gasteiger partial charge in [0.2, 0.25) is 0 Å². The highest BCUT2D eigenvalue weighted by molar-refractivity contribution is 6.03. The van der Waals surface area contributed by atoms with Crippen molar-refractivity contribution in [1.29, 1.82) is 0 Å². The van der Waals surface area contributed by atoms with E-state index >= 15 is 0 Å². The Bertz CT molecular complexity index is 598. The minimum atomic E-state index is -1.18. The predicted octanol–water partition coefficient (Wildman–Crippen LogP) is 1.22. The fourth-order valence-corrected chi connectivity index (χ4v) is 2.01. The van der Waals surface area contributed by atoms with Crippen molar-refractivity contribution < 1.29 is 14.7 Å². The fraction of sp³-hybridized carbons (Fsp3) is 0.231. The molecule has 1 heterocycles. The Hall–Kier alpha value is -2.10. The summed E-state index contributed by atoms with van der Waals surface area (Å²) in [5.41, 5.74) is 1.62. The summed E-state index contributed by atoms with van der Waals surface area (Å²) in [6.07, 6.45) is 0. The Morgan fingerprint density at radius 2 is 1.94 bits per heavy atom. The van der Waals surface area contributed by atoms with Gasteiger partial charge in [-0.1, -0.05) is 25.1 Å². The van der Waals surface area contributed by atoms with E-state index in [0.717, 1.165) is 10.9 Å². The molecule has 4 heteroatoms. The highest BCUT2D eigenvalue weighted by Crippen LogP contribution is 2.29. The van der Waals surface area contributed by atoms with Gasteiger partial charge in [0.05, 0.1) is 5.69 Å². The average Bonchev–Trinajstić information content (AvgIpc) is 2.67. The van der Waals surface area contributed by atoms with Gasteiger partial charge in [0, 0.05) is 29.7 Å². The number of aliphatic carboxylic acids is 1. The molecule has 1 aromatic carbocycles. The molecule has 0 radical (unpaired) electrons. The molecule has 1 aromatic heterocycles. The average molecular weight is 230 g/mol. The lowest BCUT2D eigenvalue weighted by molar-refractivity contribution is -0.307. The van der Waals surface area contributed by atoms with E-state index in [-0.39, 0.29) is 5.78 Å². The molecule has 17 heavy (non-hydrogen) atoms. The van der Waals surface area contributed by atoms with Crippen LogP contribution in [-0.4, -0.2) is 16.7 Å². The first kappa shape index (κ1) is 11.4. The molecule has 0 bridgehead atoms. The highest BCUT2D eigenvalue weighted by atomic mass is 16.4. The van der Waals surface area contributed by atoms with E-state index in [1.54, 1.807) is 6.07 Å². The summed E-state index contributed by atoms with van der Waals surface area (Å²) in [5, 5.41) is 11.7. The number of aromatic nitrogens is 1. The van der Waals surface area contributed by atoms with E-state index in [9.17, 15) is 14.7 Å². The van der Waals surface area contributed by atoms with Gasteiger partial charge in [-0.15, -0.1) is 0 Å². The van der Waals surface area contributed by atoms with Crippen LogP contribution in [0.2, 0.25) is 0 Å². The lowest BCUT2D eigenvalue weighted by Gasteiger charge is -2.13. The Morgan fingerprint density at radius 1 is 1.29 bits per heavy atom. The Kier molecular flexibility index (Phi) is 2.71. The van der Waals surface area contributed by atoms with Crippen molar-refractivity contribution in [3.05, 3.63) is 35.5 Å². The molecule has 0 amide bonds. The summed E-state index contributed by atoms with van der Waals surface area (Å²) in [5.74, 6) is -2.17. The number of carboxylic acids is 1. The van der Waals surface area contributed by atoms with E-state index in [2.05, 4.69) is 4.98 Å². The molecule has 1 atom stereocenters. The van der Waals surface area contributed by atoms with Gasteiger partial charge < -0.3 is 14.9 Å². The number of benzene rings is 1. The maximum absolute atomic E-state index is 11.5. The van der Waals surface area contributed by atoms with Crippen LogP contribution in [0.4, 0.5) is 0 Å². The van der Waals surface area contributed by atoms with Crippen molar-refractivity contribution in [3.8, 4) is 0 Å². The minimum Gasteiger partial charge on any atom is -0.550 e. The maximum Gasteiger partial charge on any atom is 0.176 e. The molecule has 0 fully saturated rings. The van der Waals surface area contributed by atoms with Gasteiger partial charge in [0.15, 0.2) is 5.78 Å². The topological polar surface area (TPSA) is 73.0 Å². The first-order chi connectivity index (χ1) is 8.02. The van der Waals surface area contributed by atoms with Gasteiger partial charge in [0.25, 0.3) is 0 Å². The second-order valence-corrected chi connectivity index (χ2v) is 4.06. The molecule has 4 nitrogen and oxygen atoms in total. The molecule has 2 aromatic rings. The molecule has 0 spiro atoms. The van der Waals surface area contributed by atoms with Crippen LogP contribution in [0.1, 0.15) is 35.8 Å². The minimum absolute atomic E-state index is 0.177. The quantitative estimate of drug-likeness (QED) is 0.806. The smallest absolute Gasteiger partial charge is 0.176 e. The van der Waals surface area contributed by atoms with Crippen molar-refractivity contribution in [2.45, 2.75) is 19.8 Å². The Morgan fingerprint density at radius 3 is 2.53 bits per heavy atom. The molecule has 1 N–H and O–H groups in total. The summed E-state index contributed by atoms with van der Waals surface area (Å²) in [7, 11) is 0. The Balaban J connectivity index is 2.76. The molecule has 0 saturated heterocycles. The van der Waals surface area contributed by atoms with Crippen LogP contribution < -0.4 is 5.11 Å². The first-order valence-electron chi connectivity index (χ1n) is 5.34. The van der Waals surface area contributed by atoms with Gasteiger partial charge in [-0.25, -0.2) is 0 Å². The number of carboxylic acid groups (broad SMARTS) is 1. The summed E-state index contributed by atoms with van der Waals surface area (Å²) in [6.45, 7) is 2.94. The van der Waals surface area contributed by atoms with Gasteiger partial charge in [-0.05, 0) is 11.6 Å². The molecule has 0 aliphatic heterocycles. The molecular formula is C13H12NO3-. The molecule has 88 valence electrons. The van der Waals surface area contributed by atoms with Crippen LogP contribution in [0.3, 0.4) is 0 Å². The number of nitrogens with one attached hydrogen (secondary N) is 1. The standard InChI is InChI=1S/C13H13NO3/c1-7(13(16)17)11-9-5-3-4-6-10(9)14-12(11)8(2)15/h3-7,14H,1-2H3,(H,16,17)/p-1. The zero-order chi connectivity index (χ0) is 12.6. The van der Waals surface area contributed by atoms with Crippen molar-refractivity contribution in [2.24, 2.45) is 0 Å². The number of rotatable bonds is 3. The SMILES string of the molecule is CC(=O)c1[nH]c2ccccc2c1C(C)C(=O)[O-]. The number of fused-ring (bicyclic) bond motifs is 1. The molecule has 0 saturated carbocycles. The van der Waals surface area contributed by atoms with Crippen LogP contribution >= 0.6 is 0 Å². The number of carbonyl (C=O) groups is 2. The van der Waals surface area contributed by atoms with Gasteiger partial charge >= 0.3 is 0 Å². The predicted molar refractivity (Wildman–Crippen MR) is 61.7 cm³/mol. The molecular weight excluding hydrogens is 218 g/mol. The lowest BCUT2D eigenvalue weighted by atomic mass is 9.96. The third-order valence-electron chi connectivity index (χ3n) is 2.88. The second kappa shape index (κ2) is 4.05. The fourth-order valence-electron chi connectivity index (χ4n) is 2.01. The monoisotopic (exact) mass is 230 g/mol. The number of H-pyrrole nitrogens is 1. The van der Waals surface area contributed by atoms with Crippen molar-refractivity contribution in [2.75, 3.05) is 0 Å². The third kappa shape index (κ3) is 1.82. The molecule has 0 aliphatic carbocycles. The number of para-hydroxylation sites is 1. The third-order valence-corrected chi connectivity index (χ3v) is 2.88. The highest BCUT2D eigenvalue weighted by Gasteiger charge is 2.20. The van der Waals surface area contributed by atoms with E-state index in [4.69, 9.17) is 0 Å². The number of ketones is 1. The van der Waals surface area contributed by atoms with Crippen LogP contribution in [0.5, 0.6) is 0 Å².